The molecule has 0 spiro atoms. The van der Waals surface area contributed by atoms with E-state index < -0.39 is 18.4 Å². The Balaban J connectivity index is 2.53. The van der Waals surface area contributed by atoms with Crippen LogP contribution in [0.5, 0.6) is 5.75 Å². The molecule has 120 valence electrons. The van der Waals surface area contributed by atoms with E-state index >= 15 is 0 Å². The summed E-state index contributed by atoms with van der Waals surface area (Å²) in [5.74, 6) is -0.211. The van der Waals surface area contributed by atoms with Crippen molar-refractivity contribution in [2.45, 2.75) is 51.9 Å². The average molecular weight is 307 g/mol. The first-order chi connectivity index (χ1) is 9.55. The SMILES string of the molecule is CC(C)(C)NCc1cc(F)cc(OCCCC(F)(F)F)c1. The Morgan fingerprint density at radius 1 is 1.10 bits per heavy atom. The lowest BCUT2D eigenvalue weighted by molar-refractivity contribution is -0.136. The maximum absolute atomic E-state index is 13.5. The molecule has 0 atom stereocenters. The third-order valence-electron chi connectivity index (χ3n) is 2.63. The molecule has 0 amide bonds. The maximum atomic E-state index is 13.5. The molecule has 2 nitrogen and oxygen atoms in total. The van der Waals surface area contributed by atoms with Crippen molar-refractivity contribution in [3.8, 4) is 5.75 Å². The third kappa shape index (κ3) is 8.55. The lowest BCUT2D eigenvalue weighted by Gasteiger charge is -2.20. The fourth-order valence-electron chi connectivity index (χ4n) is 1.64. The van der Waals surface area contributed by atoms with Gasteiger partial charge in [-0.05, 0) is 44.9 Å². The van der Waals surface area contributed by atoms with Crippen LogP contribution in [-0.2, 0) is 6.54 Å². The number of nitrogens with one attached hydrogen (secondary N) is 1. The quantitative estimate of drug-likeness (QED) is 0.620. The van der Waals surface area contributed by atoms with Gasteiger partial charge >= 0.3 is 6.18 Å². The fraction of sp³-hybridized carbons (Fsp3) is 0.600. The molecule has 0 radical (unpaired) electrons. The van der Waals surface area contributed by atoms with Crippen LogP contribution >= 0.6 is 0 Å². The van der Waals surface area contributed by atoms with E-state index in [0.717, 1.165) is 0 Å². The van der Waals surface area contributed by atoms with Gasteiger partial charge in [-0.1, -0.05) is 0 Å². The highest BCUT2D eigenvalue weighted by molar-refractivity contribution is 5.29. The second kappa shape index (κ2) is 7.11. The lowest BCUT2D eigenvalue weighted by atomic mass is 10.1. The second-order valence-electron chi connectivity index (χ2n) is 5.97. The van der Waals surface area contributed by atoms with Crippen LogP contribution in [0.1, 0.15) is 39.2 Å². The summed E-state index contributed by atoms with van der Waals surface area (Å²) in [7, 11) is 0. The summed E-state index contributed by atoms with van der Waals surface area (Å²) in [6.07, 6.45) is -5.23. The van der Waals surface area contributed by atoms with Crippen LogP contribution in [0.4, 0.5) is 17.6 Å². The molecule has 0 aromatic heterocycles. The minimum atomic E-state index is -4.19. The summed E-state index contributed by atoms with van der Waals surface area (Å²) in [6.45, 7) is 6.33. The molecule has 0 aliphatic rings. The average Bonchev–Trinajstić information content (AvgIpc) is 2.30. The molecule has 0 bridgehead atoms. The molecular weight excluding hydrogens is 286 g/mol. The first kappa shape index (κ1) is 17.8. The van der Waals surface area contributed by atoms with Crippen LogP contribution in [-0.4, -0.2) is 18.3 Å². The van der Waals surface area contributed by atoms with E-state index in [0.29, 0.717) is 12.1 Å². The Morgan fingerprint density at radius 2 is 1.76 bits per heavy atom. The molecular formula is C15H21F4NO. The normalized spacial score (nSPS) is 12.5. The summed E-state index contributed by atoms with van der Waals surface area (Å²) < 4.78 is 54.6. The van der Waals surface area contributed by atoms with Gasteiger partial charge in [0.1, 0.15) is 11.6 Å². The van der Waals surface area contributed by atoms with Crippen LogP contribution in [0.15, 0.2) is 18.2 Å². The number of benzene rings is 1. The third-order valence-corrected chi connectivity index (χ3v) is 2.63. The van der Waals surface area contributed by atoms with Crippen molar-refractivity contribution in [3.63, 3.8) is 0 Å². The number of rotatable bonds is 6. The standard InChI is InChI=1S/C15H21F4NO/c1-14(2,3)20-10-11-7-12(16)9-13(8-11)21-6-4-5-15(17,18)19/h7-9,20H,4-6,10H2,1-3H3. The van der Waals surface area contributed by atoms with Gasteiger partial charge in [-0.3, -0.25) is 0 Å². The summed E-state index contributed by atoms with van der Waals surface area (Å²) in [5.41, 5.74) is 0.579. The van der Waals surface area contributed by atoms with Crippen LogP contribution in [0.2, 0.25) is 0 Å². The van der Waals surface area contributed by atoms with E-state index in [1.165, 1.54) is 12.1 Å². The molecule has 1 aromatic carbocycles. The Bertz CT molecular complexity index is 452. The number of hydrogen-bond donors (Lipinski definition) is 1. The molecule has 1 N–H and O–H groups in total. The van der Waals surface area contributed by atoms with Crippen LogP contribution < -0.4 is 10.1 Å². The van der Waals surface area contributed by atoms with Crippen molar-refractivity contribution in [2.24, 2.45) is 0 Å². The largest absolute Gasteiger partial charge is 0.493 e. The number of alkyl halides is 3. The minimum absolute atomic E-state index is 0.0882. The van der Waals surface area contributed by atoms with E-state index in [4.69, 9.17) is 4.74 Å². The Morgan fingerprint density at radius 3 is 2.33 bits per heavy atom. The van der Waals surface area contributed by atoms with Crippen molar-refractivity contribution >= 4 is 0 Å². The van der Waals surface area contributed by atoms with Gasteiger partial charge in [0.05, 0.1) is 6.61 Å². The summed E-state index contributed by atoms with van der Waals surface area (Å²) in [4.78, 5) is 0. The van der Waals surface area contributed by atoms with Gasteiger partial charge in [0, 0.05) is 24.6 Å². The van der Waals surface area contributed by atoms with Crippen molar-refractivity contribution in [1.82, 2.24) is 5.32 Å². The Hall–Kier alpha value is -1.30. The highest BCUT2D eigenvalue weighted by Crippen LogP contribution is 2.22. The minimum Gasteiger partial charge on any atom is -0.493 e. The smallest absolute Gasteiger partial charge is 0.389 e. The Labute approximate surface area is 122 Å². The topological polar surface area (TPSA) is 21.3 Å². The van der Waals surface area contributed by atoms with Crippen molar-refractivity contribution in [2.75, 3.05) is 6.61 Å². The fourth-order valence-corrected chi connectivity index (χ4v) is 1.64. The predicted molar refractivity (Wildman–Crippen MR) is 73.8 cm³/mol. The Kier molecular flexibility index (Phi) is 6.01. The molecule has 0 aliphatic carbocycles. The molecule has 0 unspecified atom stereocenters. The van der Waals surface area contributed by atoms with Crippen molar-refractivity contribution < 1.29 is 22.3 Å². The highest BCUT2D eigenvalue weighted by Gasteiger charge is 2.26. The summed E-state index contributed by atoms with van der Waals surface area (Å²) in [6, 6.07) is 4.19. The van der Waals surface area contributed by atoms with Crippen LogP contribution in [0.25, 0.3) is 0 Å². The highest BCUT2D eigenvalue weighted by atomic mass is 19.4. The summed E-state index contributed by atoms with van der Waals surface area (Å²) >= 11 is 0. The van der Waals surface area contributed by atoms with E-state index in [2.05, 4.69) is 5.32 Å². The second-order valence-corrected chi connectivity index (χ2v) is 5.97. The van der Waals surface area contributed by atoms with Gasteiger partial charge in [0.25, 0.3) is 0 Å². The molecule has 0 fully saturated rings. The molecule has 6 heteroatoms. The number of halogens is 4. The van der Waals surface area contributed by atoms with E-state index in [1.54, 1.807) is 6.07 Å². The van der Waals surface area contributed by atoms with E-state index in [9.17, 15) is 17.6 Å². The number of ether oxygens (including phenoxy) is 1. The van der Waals surface area contributed by atoms with Crippen molar-refractivity contribution in [3.05, 3.63) is 29.6 Å². The monoisotopic (exact) mass is 307 g/mol. The zero-order chi connectivity index (χ0) is 16.1. The predicted octanol–water partition coefficient (Wildman–Crippen LogP) is 4.44. The molecule has 1 aromatic rings. The maximum Gasteiger partial charge on any atom is 0.389 e. The van der Waals surface area contributed by atoms with Crippen molar-refractivity contribution in [1.29, 1.82) is 0 Å². The summed E-state index contributed by atoms with van der Waals surface area (Å²) in [5, 5.41) is 3.21. The van der Waals surface area contributed by atoms with Gasteiger partial charge in [0.2, 0.25) is 0 Å². The number of hydrogen-bond acceptors (Lipinski definition) is 2. The van der Waals surface area contributed by atoms with Gasteiger partial charge < -0.3 is 10.1 Å². The first-order valence-corrected chi connectivity index (χ1v) is 6.79. The lowest BCUT2D eigenvalue weighted by Crippen LogP contribution is -2.35. The molecule has 0 aliphatic heterocycles. The molecule has 21 heavy (non-hydrogen) atoms. The van der Waals surface area contributed by atoms with Gasteiger partial charge in [0.15, 0.2) is 0 Å². The van der Waals surface area contributed by atoms with Gasteiger partial charge in [-0.2, -0.15) is 13.2 Å². The van der Waals surface area contributed by atoms with Gasteiger partial charge in [-0.15, -0.1) is 0 Å². The van der Waals surface area contributed by atoms with Crippen LogP contribution in [0.3, 0.4) is 0 Å². The first-order valence-electron chi connectivity index (χ1n) is 6.79. The molecule has 0 heterocycles. The van der Waals surface area contributed by atoms with E-state index in [1.807, 2.05) is 20.8 Å². The zero-order valence-corrected chi connectivity index (χ0v) is 12.5. The molecule has 0 saturated carbocycles. The van der Waals surface area contributed by atoms with Crippen LogP contribution in [0, 0.1) is 5.82 Å². The van der Waals surface area contributed by atoms with E-state index in [-0.39, 0.29) is 24.3 Å². The molecule has 1 rings (SSSR count). The molecule has 0 saturated heterocycles. The van der Waals surface area contributed by atoms with Gasteiger partial charge in [-0.25, -0.2) is 4.39 Å². The zero-order valence-electron chi connectivity index (χ0n) is 12.5.